The lowest BCUT2D eigenvalue weighted by molar-refractivity contribution is -1.06. The van der Waals surface area contributed by atoms with Crippen molar-refractivity contribution in [1.82, 2.24) is 0 Å². The van der Waals surface area contributed by atoms with Crippen LogP contribution in [0.2, 0.25) is 0 Å². The van der Waals surface area contributed by atoms with E-state index in [0.717, 1.165) is 13.0 Å². The summed E-state index contributed by atoms with van der Waals surface area (Å²) in [6.45, 7) is 2.96. The van der Waals surface area contributed by atoms with Gasteiger partial charge < -0.3 is 24.0 Å². The summed E-state index contributed by atoms with van der Waals surface area (Å²) in [5.74, 6) is 0. The van der Waals surface area contributed by atoms with Gasteiger partial charge in [0.1, 0.15) is 6.61 Å². The highest BCUT2D eigenvalue weighted by molar-refractivity contribution is 4.14. The Balaban J connectivity index is 0. The molecule has 0 atom stereocenters. The van der Waals surface area contributed by atoms with Gasteiger partial charge in [-0.15, -0.1) is 0 Å². The van der Waals surface area contributed by atoms with Crippen LogP contribution in [0.25, 0.3) is 0 Å². The van der Waals surface area contributed by atoms with Crippen LogP contribution in [0.5, 0.6) is 0 Å². The van der Waals surface area contributed by atoms with Gasteiger partial charge in [0.15, 0.2) is 0 Å². The van der Waals surface area contributed by atoms with E-state index in [0.29, 0.717) is 4.65 Å². The minimum absolute atomic E-state index is 0. The Morgan fingerprint density at radius 1 is 1.22 bits per heavy atom. The van der Waals surface area contributed by atoms with Gasteiger partial charge in [0.05, 0.1) is 21.1 Å². The van der Waals surface area contributed by atoms with Crippen LogP contribution in [0.15, 0.2) is 0 Å². The Morgan fingerprint density at radius 2 is 1.67 bits per heavy atom. The second kappa shape index (κ2) is 5.44. The largest absolute Gasteiger partial charge is 1.00 e. The van der Waals surface area contributed by atoms with Crippen molar-refractivity contribution in [2.45, 2.75) is 13.3 Å². The first-order chi connectivity index (χ1) is 3.56. The zero-order chi connectivity index (χ0) is 6.62. The average molecular weight is 245 g/mol. The number of halogens is 1. The lowest BCUT2D eigenvalue weighted by atomic mass is 10.5. The van der Waals surface area contributed by atoms with E-state index >= 15 is 0 Å². The molecular formula is C6H16INO. The third-order valence-electron chi connectivity index (χ3n) is 0.683. The van der Waals surface area contributed by atoms with Gasteiger partial charge in [-0.2, -0.15) is 4.65 Å². The maximum absolute atomic E-state index is 5.32. The molecule has 0 aliphatic carbocycles. The van der Waals surface area contributed by atoms with Gasteiger partial charge in [0.2, 0.25) is 0 Å². The van der Waals surface area contributed by atoms with E-state index < -0.39 is 0 Å². The fraction of sp³-hybridized carbons (Fsp3) is 1.00. The summed E-state index contributed by atoms with van der Waals surface area (Å²) in [6, 6.07) is 0. The van der Waals surface area contributed by atoms with Gasteiger partial charge in [0, 0.05) is 0 Å². The molecule has 58 valence electrons. The molecule has 0 N–H and O–H groups in total. The van der Waals surface area contributed by atoms with Crippen molar-refractivity contribution in [3.8, 4) is 0 Å². The van der Waals surface area contributed by atoms with E-state index in [1.807, 2.05) is 21.1 Å². The molecule has 0 saturated carbocycles. The van der Waals surface area contributed by atoms with Crippen LogP contribution in [0.1, 0.15) is 13.3 Å². The second-order valence-corrected chi connectivity index (χ2v) is 2.72. The van der Waals surface area contributed by atoms with Crippen molar-refractivity contribution in [1.29, 1.82) is 0 Å². The third-order valence-corrected chi connectivity index (χ3v) is 0.683. The summed E-state index contributed by atoms with van der Waals surface area (Å²) in [4.78, 5) is 5.32. The van der Waals surface area contributed by atoms with Crippen LogP contribution >= 0.6 is 0 Å². The number of hydrogen-bond acceptors (Lipinski definition) is 1. The molecule has 0 bridgehead atoms. The van der Waals surface area contributed by atoms with E-state index in [9.17, 15) is 0 Å². The van der Waals surface area contributed by atoms with E-state index in [1.54, 1.807) is 0 Å². The molecule has 0 aliphatic rings. The fourth-order valence-corrected chi connectivity index (χ4v) is 0.365. The van der Waals surface area contributed by atoms with Crippen LogP contribution < -0.4 is 24.0 Å². The monoisotopic (exact) mass is 245 g/mol. The maximum atomic E-state index is 5.32. The minimum Gasteiger partial charge on any atom is -1.00 e. The number of hydrogen-bond donors (Lipinski definition) is 0. The molecule has 2 nitrogen and oxygen atoms in total. The van der Waals surface area contributed by atoms with Crippen LogP contribution in [0.4, 0.5) is 0 Å². The molecule has 0 radical (unpaired) electrons. The van der Waals surface area contributed by atoms with Gasteiger partial charge in [0.25, 0.3) is 0 Å². The van der Waals surface area contributed by atoms with Gasteiger partial charge in [-0.25, -0.2) is 4.84 Å². The molecular weight excluding hydrogens is 229 g/mol. The lowest BCUT2D eigenvalue weighted by Crippen LogP contribution is -3.00. The molecule has 0 fully saturated rings. The Bertz CT molecular complexity index is 60.6. The highest BCUT2D eigenvalue weighted by Gasteiger charge is 2.04. The molecule has 0 aromatic heterocycles. The Labute approximate surface area is 74.7 Å². The maximum Gasteiger partial charge on any atom is 0.106 e. The first-order valence-corrected chi connectivity index (χ1v) is 3.02. The van der Waals surface area contributed by atoms with Crippen molar-refractivity contribution in [2.75, 3.05) is 27.7 Å². The molecule has 0 amide bonds. The summed E-state index contributed by atoms with van der Waals surface area (Å²) < 4.78 is 0.605. The van der Waals surface area contributed by atoms with Crippen LogP contribution in [0.3, 0.4) is 0 Å². The Morgan fingerprint density at radius 3 is 1.78 bits per heavy atom. The lowest BCUT2D eigenvalue weighted by Gasteiger charge is -2.20. The molecule has 0 spiro atoms. The quantitative estimate of drug-likeness (QED) is 0.319. The molecule has 0 unspecified atom stereocenters. The normalized spacial score (nSPS) is 10.7. The summed E-state index contributed by atoms with van der Waals surface area (Å²) in [7, 11) is 6.03. The average Bonchev–Trinajstić information content (AvgIpc) is 1.59. The smallest absolute Gasteiger partial charge is 0.106 e. The highest BCUT2D eigenvalue weighted by Crippen LogP contribution is 1.92. The Hall–Kier alpha value is 0.650. The van der Waals surface area contributed by atoms with Crippen LogP contribution in [-0.2, 0) is 4.84 Å². The SMILES string of the molecule is CCCO[N+](C)(C)C.[I-]. The van der Waals surface area contributed by atoms with E-state index in [2.05, 4.69) is 6.92 Å². The van der Waals surface area contributed by atoms with Crippen molar-refractivity contribution in [3.05, 3.63) is 0 Å². The van der Waals surface area contributed by atoms with Gasteiger partial charge in [-0.3, -0.25) is 0 Å². The highest BCUT2D eigenvalue weighted by atomic mass is 127. The Kier molecular flexibility index (Phi) is 7.45. The van der Waals surface area contributed by atoms with Crippen molar-refractivity contribution in [2.24, 2.45) is 0 Å². The zero-order valence-corrected chi connectivity index (χ0v) is 8.81. The topological polar surface area (TPSA) is 9.23 Å². The molecule has 0 heterocycles. The first kappa shape index (κ1) is 12.3. The fourth-order valence-electron chi connectivity index (χ4n) is 0.365. The van der Waals surface area contributed by atoms with Crippen LogP contribution in [-0.4, -0.2) is 32.4 Å². The first-order valence-electron chi connectivity index (χ1n) is 3.02. The minimum atomic E-state index is 0. The van der Waals surface area contributed by atoms with E-state index in [4.69, 9.17) is 4.84 Å². The summed E-state index contributed by atoms with van der Waals surface area (Å²) >= 11 is 0. The number of rotatable bonds is 3. The molecule has 0 saturated heterocycles. The molecule has 0 rings (SSSR count). The third kappa shape index (κ3) is 12.0. The zero-order valence-electron chi connectivity index (χ0n) is 6.65. The van der Waals surface area contributed by atoms with Gasteiger partial charge >= 0.3 is 0 Å². The van der Waals surface area contributed by atoms with Crippen LogP contribution in [0, 0.1) is 0 Å². The summed E-state index contributed by atoms with van der Waals surface area (Å²) in [5.41, 5.74) is 0. The number of nitrogens with zero attached hydrogens (tertiary/aromatic N) is 1. The standard InChI is InChI=1S/C6H16NO.HI/c1-5-6-8-7(2,3)4;/h5-6H2,1-4H3;1H/q+1;/p-1. The predicted molar refractivity (Wildman–Crippen MR) is 34.3 cm³/mol. The summed E-state index contributed by atoms with van der Waals surface area (Å²) in [5, 5.41) is 0. The number of quaternary nitrogens is 1. The van der Waals surface area contributed by atoms with Gasteiger partial charge in [-0.1, -0.05) is 6.92 Å². The summed E-state index contributed by atoms with van der Waals surface area (Å²) in [6.07, 6.45) is 1.09. The van der Waals surface area contributed by atoms with Gasteiger partial charge in [-0.05, 0) is 6.42 Å². The molecule has 3 heteroatoms. The predicted octanol–water partition coefficient (Wildman–Crippen LogP) is -1.96. The van der Waals surface area contributed by atoms with Crippen molar-refractivity contribution in [3.63, 3.8) is 0 Å². The number of hydroxylamine groups is 3. The molecule has 0 aromatic carbocycles. The molecule has 9 heavy (non-hydrogen) atoms. The van der Waals surface area contributed by atoms with E-state index in [-0.39, 0.29) is 24.0 Å². The molecule has 0 aromatic rings. The van der Waals surface area contributed by atoms with Crippen molar-refractivity contribution >= 4 is 0 Å². The molecule has 0 aliphatic heterocycles. The second-order valence-electron chi connectivity index (χ2n) is 2.72. The van der Waals surface area contributed by atoms with Crippen molar-refractivity contribution < 1.29 is 33.5 Å². The van der Waals surface area contributed by atoms with E-state index in [1.165, 1.54) is 0 Å².